The molecule has 4 N–H and O–H groups in total. The molecule has 1 amide bonds. The molecular weight excluding hydrogens is 450 g/mol. The highest BCUT2D eigenvalue weighted by molar-refractivity contribution is 8.00. The van der Waals surface area contributed by atoms with Crippen molar-refractivity contribution in [2.75, 3.05) is 11.9 Å². The number of fused-ring (bicyclic) bond motifs is 1. The molecule has 3 rings (SSSR count). The summed E-state index contributed by atoms with van der Waals surface area (Å²) in [5.41, 5.74) is -0.0713. The van der Waals surface area contributed by atoms with E-state index in [0.717, 1.165) is 0 Å². The van der Waals surface area contributed by atoms with Gasteiger partial charge in [-0.05, 0) is 18.1 Å². The highest BCUT2D eigenvalue weighted by Crippen LogP contribution is 2.48. The number of amides is 1. The van der Waals surface area contributed by atoms with E-state index in [4.69, 9.17) is 4.43 Å². The van der Waals surface area contributed by atoms with Crippen LogP contribution in [0.2, 0.25) is 18.1 Å². The van der Waals surface area contributed by atoms with E-state index in [9.17, 15) is 19.8 Å². The molecule has 0 saturated carbocycles. The van der Waals surface area contributed by atoms with E-state index in [1.807, 2.05) is 0 Å². The smallest absolute Gasteiger partial charge is 0.280 e. The number of carbonyl (C=O) groups is 1. The number of anilines is 1. The van der Waals surface area contributed by atoms with Crippen molar-refractivity contribution in [2.24, 2.45) is 5.92 Å². The van der Waals surface area contributed by atoms with Crippen molar-refractivity contribution >= 4 is 43.1 Å². The van der Waals surface area contributed by atoms with Crippen LogP contribution < -0.4 is 10.9 Å². The summed E-state index contributed by atoms with van der Waals surface area (Å²) in [7, 11) is -2.27. The highest BCUT2D eigenvalue weighted by Gasteiger charge is 2.50. The fourth-order valence-corrected chi connectivity index (χ4v) is 5.99. The number of hydrogen-bond donors (Lipinski definition) is 4. The zero-order valence-electron chi connectivity index (χ0n) is 19.5. The maximum absolute atomic E-state index is 12.6. The van der Waals surface area contributed by atoms with Crippen LogP contribution in [-0.2, 0) is 9.22 Å². The Balaban J connectivity index is 2.05. The topological polar surface area (TPSA) is 142 Å². The number of imidazole rings is 1. The molecule has 178 valence electrons. The molecule has 32 heavy (non-hydrogen) atoms. The van der Waals surface area contributed by atoms with E-state index in [1.165, 1.54) is 18.1 Å². The van der Waals surface area contributed by atoms with Crippen LogP contribution in [0.4, 0.5) is 5.95 Å². The van der Waals surface area contributed by atoms with Gasteiger partial charge in [0.2, 0.25) is 11.9 Å². The molecule has 2 aromatic heterocycles. The molecule has 1 saturated heterocycles. The van der Waals surface area contributed by atoms with E-state index in [0.29, 0.717) is 0 Å². The number of nitrogens with one attached hydrogen (secondary N) is 2. The Labute approximate surface area is 192 Å². The Morgan fingerprint density at radius 1 is 1.41 bits per heavy atom. The number of aliphatic hydroxyl groups excluding tert-OH is 2. The summed E-state index contributed by atoms with van der Waals surface area (Å²) in [6, 6.07) is 0. The van der Waals surface area contributed by atoms with Gasteiger partial charge in [-0.2, -0.15) is 4.98 Å². The van der Waals surface area contributed by atoms with Crippen LogP contribution in [0.15, 0.2) is 11.1 Å². The van der Waals surface area contributed by atoms with Crippen LogP contribution in [0.3, 0.4) is 0 Å². The van der Waals surface area contributed by atoms with Crippen molar-refractivity contribution in [1.29, 1.82) is 0 Å². The number of nitrogens with zero attached hydrogens (tertiary/aromatic N) is 3. The molecule has 0 aliphatic carbocycles. The number of aromatic nitrogens is 4. The van der Waals surface area contributed by atoms with Gasteiger partial charge in [0.15, 0.2) is 19.5 Å². The largest absolute Gasteiger partial charge is 0.408 e. The minimum absolute atomic E-state index is 0.0343. The summed E-state index contributed by atoms with van der Waals surface area (Å²) in [6.45, 7) is 13.8. The summed E-state index contributed by atoms with van der Waals surface area (Å²) < 4.78 is 8.27. The normalized spacial score (nSPS) is 24.4. The first-order valence-corrected chi connectivity index (χ1v) is 14.5. The first-order chi connectivity index (χ1) is 14.8. The minimum atomic E-state index is -2.27. The molecule has 1 aliphatic heterocycles. The van der Waals surface area contributed by atoms with Gasteiger partial charge in [0.05, 0.1) is 24.3 Å². The molecule has 4 atom stereocenters. The summed E-state index contributed by atoms with van der Waals surface area (Å²) in [5, 5.41) is 22.4. The number of H-pyrrole nitrogens is 1. The zero-order chi connectivity index (χ0) is 24.0. The molecule has 0 unspecified atom stereocenters. The van der Waals surface area contributed by atoms with Crippen LogP contribution in [0.25, 0.3) is 11.2 Å². The SMILES string of the molecule is CC(C)C(=O)Nc1nc2c(ncn2[C@@H]2S[C@H](CO)[C@@H](O)[C@H]2O[Si](C)(C)C(C)(C)C)c(=O)[nH]1. The molecular formula is C20H33N5O5SSi. The third kappa shape index (κ3) is 4.64. The third-order valence-corrected chi connectivity index (χ3v) is 12.2. The number of thioether (sulfide) groups is 1. The van der Waals surface area contributed by atoms with Crippen molar-refractivity contribution in [3.63, 3.8) is 0 Å². The molecule has 12 heteroatoms. The summed E-state index contributed by atoms with van der Waals surface area (Å²) in [5.74, 6) is -0.523. The number of rotatable bonds is 6. The second-order valence-electron chi connectivity index (χ2n) is 9.96. The van der Waals surface area contributed by atoms with Gasteiger partial charge in [0, 0.05) is 5.92 Å². The van der Waals surface area contributed by atoms with Gasteiger partial charge in [-0.25, -0.2) is 4.98 Å². The van der Waals surface area contributed by atoms with Gasteiger partial charge < -0.3 is 14.6 Å². The van der Waals surface area contributed by atoms with Gasteiger partial charge >= 0.3 is 0 Å². The van der Waals surface area contributed by atoms with E-state index < -0.39 is 36.7 Å². The van der Waals surface area contributed by atoms with Crippen LogP contribution in [0, 0.1) is 5.92 Å². The van der Waals surface area contributed by atoms with Gasteiger partial charge in [-0.1, -0.05) is 34.6 Å². The molecule has 0 bridgehead atoms. The Kier molecular flexibility index (Phi) is 6.92. The third-order valence-electron chi connectivity index (χ3n) is 6.20. The van der Waals surface area contributed by atoms with Crippen molar-refractivity contribution in [3.8, 4) is 0 Å². The number of aliphatic hydroxyl groups is 2. The van der Waals surface area contributed by atoms with E-state index in [-0.39, 0.29) is 40.6 Å². The van der Waals surface area contributed by atoms with Crippen LogP contribution in [-0.4, -0.2) is 68.0 Å². The maximum atomic E-state index is 12.6. The average molecular weight is 484 g/mol. The van der Waals surface area contributed by atoms with Gasteiger partial charge in [0.1, 0.15) is 11.5 Å². The second-order valence-corrected chi connectivity index (χ2v) is 16.1. The van der Waals surface area contributed by atoms with Gasteiger partial charge in [-0.15, -0.1) is 11.8 Å². The first-order valence-electron chi connectivity index (χ1n) is 10.7. The predicted octanol–water partition coefficient (Wildman–Crippen LogP) is 2.07. The van der Waals surface area contributed by atoms with Gasteiger partial charge in [-0.3, -0.25) is 24.5 Å². The van der Waals surface area contributed by atoms with Crippen LogP contribution >= 0.6 is 11.8 Å². The molecule has 0 radical (unpaired) electrons. The lowest BCUT2D eigenvalue weighted by Crippen LogP contribution is -2.48. The standard InChI is InChI=1S/C20H33N5O5SSi/c1-10(2)16(28)23-19-22-15-12(17(29)24-19)21-9-25(15)18-14(13(27)11(8-26)31-18)30-32(6,7)20(3,4)5/h9-11,13-14,18,26-27H,8H2,1-7H3,(H2,22,23,24,28,29)/t11-,13-,14-,18-/m1/s1. The first kappa shape index (κ1) is 24.9. The fraction of sp³-hybridized carbons (Fsp3) is 0.700. The second kappa shape index (κ2) is 8.90. The van der Waals surface area contributed by atoms with Crippen LogP contribution in [0.1, 0.15) is 40.0 Å². The molecule has 10 nitrogen and oxygen atoms in total. The molecule has 1 aliphatic rings. The van der Waals surface area contributed by atoms with Crippen molar-refractivity contribution in [2.45, 2.75) is 75.6 Å². The lowest BCUT2D eigenvalue weighted by Gasteiger charge is -2.40. The maximum Gasteiger partial charge on any atom is 0.280 e. The quantitative estimate of drug-likeness (QED) is 0.457. The Morgan fingerprint density at radius 2 is 2.06 bits per heavy atom. The predicted molar refractivity (Wildman–Crippen MR) is 127 cm³/mol. The van der Waals surface area contributed by atoms with E-state index >= 15 is 0 Å². The molecule has 3 heterocycles. The van der Waals surface area contributed by atoms with Crippen molar-refractivity contribution < 1.29 is 19.4 Å². The molecule has 2 aromatic rings. The van der Waals surface area contributed by atoms with Crippen molar-refractivity contribution in [3.05, 3.63) is 16.7 Å². The van der Waals surface area contributed by atoms with E-state index in [2.05, 4.69) is 54.1 Å². The number of carbonyl (C=O) groups excluding carboxylic acids is 1. The number of hydrogen-bond acceptors (Lipinski definition) is 8. The molecule has 1 fully saturated rings. The lowest BCUT2D eigenvalue weighted by molar-refractivity contribution is -0.118. The highest BCUT2D eigenvalue weighted by atomic mass is 32.2. The lowest BCUT2D eigenvalue weighted by atomic mass is 10.1. The van der Waals surface area contributed by atoms with Crippen LogP contribution in [0.5, 0.6) is 0 Å². The zero-order valence-corrected chi connectivity index (χ0v) is 21.4. The monoisotopic (exact) mass is 483 g/mol. The van der Waals surface area contributed by atoms with Crippen molar-refractivity contribution in [1.82, 2.24) is 19.5 Å². The molecule has 0 aromatic carbocycles. The van der Waals surface area contributed by atoms with Gasteiger partial charge in [0.25, 0.3) is 5.56 Å². The van der Waals surface area contributed by atoms with E-state index in [1.54, 1.807) is 18.4 Å². The summed E-state index contributed by atoms with van der Waals surface area (Å²) in [6.07, 6.45) is -0.0264. The fourth-order valence-electron chi connectivity index (χ4n) is 3.17. The Hall–Kier alpha value is -1.73. The Bertz CT molecular complexity index is 1050. The summed E-state index contributed by atoms with van der Waals surface area (Å²) >= 11 is 1.36. The average Bonchev–Trinajstić information content (AvgIpc) is 3.22. The molecule has 0 spiro atoms. The Morgan fingerprint density at radius 3 is 2.62 bits per heavy atom. The number of aromatic amines is 1. The minimum Gasteiger partial charge on any atom is -0.408 e. The summed E-state index contributed by atoms with van der Waals surface area (Å²) in [4.78, 5) is 35.8.